The Kier molecular flexibility index (Phi) is 5.09. The van der Waals surface area contributed by atoms with E-state index in [1.54, 1.807) is 37.9 Å². The number of nitrogens with one attached hydrogen (secondary N) is 1. The van der Waals surface area contributed by atoms with E-state index in [1.165, 1.54) is 12.1 Å². The molecule has 1 atom stereocenters. The summed E-state index contributed by atoms with van der Waals surface area (Å²) in [4.78, 5) is 25.3. The van der Waals surface area contributed by atoms with Crippen molar-refractivity contribution in [2.45, 2.75) is 42.9 Å². The van der Waals surface area contributed by atoms with E-state index in [1.807, 2.05) is 0 Å². The summed E-state index contributed by atoms with van der Waals surface area (Å²) in [5.41, 5.74) is 0.739. The Bertz CT molecular complexity index is 695. The van der Waals surface area contributed by atoms with Crippen LogP contribution in [0.3, 0.4) is 0 Å². The van der Waals surface area contributed by atoms with Gasteiger partial charge < -0.3 is 10.2 Å². The van der Waals surface area contributed by atoms with Crippen molar-refractivity contribution in [3.8, 4) is 0 Å². The van der Waals surface area contributed by atoms with Crippen LogP contribution in [0.15, 0.2) is 29.2 Å². The molecule has 0 unspecified atom stereocenters. The molecule has 6 nitrogen and oxygen atoms in total. The molecule has 0 aliphatic carbocycles. The molecule has 1 heterocycles. The molecule has 0 saturated carbocycles. The van der Waals surface area contributed by atoms with Gasteiger partial charge in [0.15, 0.2) is 9.84 Å². The van der Waals surface area contributed by atoms with Gasteiger partial charge in [-0.15, -0.1) is 0 Å². The summed E-state index contributed by atoms with van der Waals surface area (Å²) in [7, 11) is -1.59. The Balaban J connectivity index is 1.96. The van der Waals surface area contributed by atoms with Crippen molar-refractivity contribution < 1.29 is 18.0 Å². The average Bonchev–Trinajstić information content (AvgIpc) is 2.77. The number of nitrogens with zero attached hydrogens (tertiary/aromatic N) is 1. The number of carbonyl (C=O) groups is 2. The highest BCUT2D eigenvalue weighted by molar-refractivity contribution is 7.92. The lowest BCUT2D eigenvalue weighted by Crippen LogP contribution is -2.37. The number of hydrogen-bond acceptors (Lipinski definition) is 4. The molecular formula is C16H22N2O4S. The summed E-state index contributed by atoms with van der Waals surface area (Å²) in [5.74, 6) is -0.142. The zero-order valence-electron chi connectivity index (χ0n) is 13.6. The summed E-state index contributed by atoms with van der Waals surface area (Å²) in [5, 5.41) is 2.35. The Labute approximate surface area is 136 Å². The monoisotopic (exact) mass is 338 g/mol. The van der Waals surface area contributed by atoms with Crippen LogP contribution in [0, 0.1) is 0 Å². The molecule has 0 spiro atoms. The maximum atomic E-state index is 12.0. The van der Waals surface area contributed by atoms with Gasteiger partial charge in [-0.1, -0.05) is 12.1 Å². The van der Waals surface area contributed by atoms with Crippen LogP contribution in [0.25, 0.3) is 0 Å². The number of likely N-dealkylation sites (N-methyl/N-ethyl adjacent to an activating group) is 1. The van der Waals surface area contributed by atoms with E-state index in [-0.39, 0.29) is 29.2 Å². The highest BCUT2D eigenvalue weighted by Crippen LogP contribution is 2.17. The number of rotatable bonds is 5. The van der Waals surface area contributed by atoms with Crippen LogP contribution >= 0.6 is 0 Å². The van der Waals surface area contributed by atoms with Crippen molar-refractivity contribution in [1.29, 1.82) is 0 Å². The lowest BCUT2D eigenvalue weighted by Gasteiger charge is -2.13. The first-order chi connectivity index (χ1) is 10.7. The lowest BCUT2D eigenvalue weighted by atomic mass is 10.1. The van der Waals surface area contributed by atoms with Crippen molar-refractivity contribution >= 4 is 21.7 Å². The van der Waals surface area contributed by atoms with Gasteiger partial charge in [0.2, 0.25) is 11.8 Å². The molecule has 0 radical (unpaired) electrons. The first kappa shape index (κ1) is 17.5. The largest absolute Gasteiger partial charge is 0.351 e. The zero-order valence-corrected chi connectivity index (χ0v) is 14.4. The first-order valence-electron chi connectivity index (χ1n) is 7.56. The fourth-order valence-corrected chi connectivity index (χ4v) is 3.55. The van der Waals surface area contributed by atoms with Gasteiger partial charge in [-0.3, -0.25) is 9.59 Å². The SMILES string of the molecule is CC(C)S(=O)(=O)c1ccc(CC(=O)N[C@H]2CC(=O)N(C)C2)cc1. The summed E-state index contributed by atoms with van der Waals surface area (Å²) in [6.07, 6.45) is 0.490. The van der Waals surface area contributed by atoms with Gasteiger partial charge in [0, 0.05) is 20.0 Å². The fourth-order valence-electron chi connectivity index (χ4n) is 2.49. The van der Waals surface area contributed by atoms with E-state index >= 15 is 0 Å². The van der Waals surface area contributed by atoms with Crippen LogP contribution in [0.1, 0.15) is 25.8 Å². The van der Waals surface area contributed by atoms with Gasteiger partial charge in [0.05, 0.1) is 22.6 Å². The second-order valence-corrected chi connectivity index (χ2v) is 8.66. The maximum Gasteiger partial charge on any atom is 0.224 e. The van der Waals surface area contributed by atoms with Gasteiger partial charge in [-0.25, -0.2) is 8.42 Å². The minimum absolute atomic E-state index is 0.0264. The first-order valence-corrected chi connectivity index (χ1v) is 9.11. The Hall–Kier alpha value is -1.89. The average molecular weight is 338 g/mol. The summed E-state index contributed by atoms with van der Waals surface area (Å²) in [6, 6.07) is 6.22. The molecule has 23 heavy (non-hydrogen) atoms. The second-order valence-electron chi connectivity index (χ2n) is 6.16. The number of hydrogen-bond donors (Lipinski definition) is 1. The summed E-state index contributed by atoms with van der Waals surface area (Å²) >= 11 is 0. The van der Waals surface area contributed by atoms with E-state index in [0.717, 1.165) is 5.56 Å². The van der Waals surface area contributed by atoms with E-state index in [9.17, 15) is 18.0 Å². The van der Waals surface area contributed by atoms with E-state index < -0.39 is 15.1 Å². The molecule has 0 bridgehead atoms. The predicted molar refractivity (Wildman–Crippen MR) is 86.7 cm³/mol. The normalized spacial score (nSPS) is 18.5. The fraction of sp³-hybridized carbons (Fsp3) is 0.500. The van der Waals surface area contributed by atoms with Crippen LogP contribution in [-0.2, 0) is 25.8 Å². The maximum absolute atomic E-state index is 12.0. The molecular weight excluding hydrogens is 316 g/mol. The molecule has 1 aromatic carbocycles. The highest BCUT2D eigenvalue weighted by Gasteiger charge is 2.27. The van der Waals surface area contributed by atoms with Gasteiger partial charge in [-0.2, -0.15) is 0 Å². The summed E-state index contributed by atoms with van der Waals surface area (Å²) in [6.45, 7) is 3.79. The van der Waals surface area contributed by atoms with Crippen LogP contribution in [-0.4, -0.2) is 50.0 Å². The van der Waals surface area contributed by atoms with Crippen LogP contribution in [0.5, 0.6) is 0 Å². The third-order valence-electron chi connectivity index (χ3n) is 3.94. The number of carbonyl (C=O) groups excluding carboxylic acids is 2. The molecule has 126 valence electrons. The smallest absolute Gasteiger partial charge is 0.224 e. The molecule has 1 saturated heterocycles. The molecule has 0 aromatic heterocycles. The summed E-state index contributed by atoms with van der Waals surface area (Å²) < 4.78 is 24.1. The van der Waals surface area contributed by atoms with Gasteiger partial charge in [-0.05, 0) is 31.5 Å². The van der Waals surface area contributed by atoms with Crippen LogP contribution in [0.4, 0.5) is 0 Å². The number of sulfone groups is 1. The third-order valence-corrected chi connectivity index (χ3v) is 6.11. The molecule has 1 aliphatic heterocycles. The van der Waals surface area contributed by atoms with Gasteiger partial charge >= 0.3 is 0 Å². The topological polar surface area (TPSA) is 83.5 Å². The van der Waals surface area contributed by atoms with E-state index in [2.05, 4.69) is 5.32 Å². The molecule has 1 aromatic rings. The predicted octanol–water partition coefficient (Wildman–Crippen LogP) is 0.758. The Morgan fingerprint density at radius 3 is 2.39 bits per heavy atom. The minimum atomic E-state index is -3.30. The van der Waals surface area contributed by atoms with Crippen molar-refractivity contribution in [3.63, 3.8) is 0 Å². The van der Waals surface area contributed by atoms with E-state index in [0.29, 0.717) is 13.0 Å². The minimum Gasteiger partial charge on any atom is -0.351 e. The Morgan fingerprint density at radius 2 is 1.91 bits per heavy atom. The quantitative estimate of drug-likeness (QED) is 0.859. The Morgan fingerprint density at radius 1 is 1.30 bits per heavy atom. The van der Waals surface area contributed by atoms with Gasteiger partial charge in [0.25, 0.3) is 0 Å². The van der Waals surface area contributed by atoms with Crippen molar-refractivity contribution in [3.05, 3.63) is 29.8 Å². The van der Waals surface area contributed by atoms with E-state index in [4.69, 9.17) is 0 Å². The molecule has 1 aliphatic rings. The highest BCUT2D eigenvalue weighted by atomic mass is 32.2. The molecule has 1 N–H and O–H groups in total. The van der Waals surface area contributed by atoms with Crippen molar-refractivity contribution in [2.75, 3.05) is 13.6 Å². The number of likely N-dealkylation sites (tertiary alicyclic amines) is 1. The molecule has 2 rings (SSSR count). The molecule has 2 amide bonds. The number of amides is 2. The standard InChI is InChI=1S/C16H22N2O4S/c1-11(2)23(21,22)14-6-4-12(5-7-14)8-15(19)17-13-9-16(20)18(3)10-13/h4-7,11,13H,8-10H2,1-3H3,(H,17,19)/t13-/m0/s1. The van der Waals surface area contributed by atoms with Crippen LogP contribution < -0.4 is 5.32 Å². The number of benzene rings is 1. The van der Waals surface area contributed by atoms with Crippen molar-refractivity contribution in [1.82, 2.24) is 10.2 Å². The second kappa shape index (κ2) is 6.70. The third kappa shape index (κ3) is 4.10. The lowest BCUT2D eigenvalue weighted by molar-refractivity contribution is -0.126. The van der Waals surface area contributed by atoms with Crippen molar-refractivity contribution in [2.24, 2.45) is 0 Å². The molecule has 7 heteroatoms. The molecule has 1 fully saturated rings. The van der Waals surface area contributed by atoms with Crippen LogP contribution in [0.2, 0.25) is 0 Å². The zero-order chi connectivity index (χ0) is 17.2. The van der Waals surface area contributed by atoms with Gasteiger partial charge in [0.1, 0.15) is 0 Å².